The maximum atomic E-state index is 12.5. The minimum atomic E-state index is -0.659. The Morgan fingerprint density at radius 2 is 1.87 bits per heavy atom. The zero-order valence-electron chi connectivity index (χ0n) is 17.3. The summed E-state index contributed by atoms with van der Waals surface area (Å²) in [5.74, 6) is 1.07. The smallest absolute Gasteiger partial charge is 0.266 e. The van der Waals surface area contributed by atoms with Crippen molar-refractivity contribution >= 4 is 45.7 Å². The van der Waals surface area contributed by atoms with Crippen molar-refractivity contribution in [1.82, 2.24) is 10.2 Å². The summed E-state index contributed by atoms with van der Waals surface area (Å²) in [6.07, 6.45) is -0.659. The minimum Gasteiger partial charge on any atom is -0.481 e. The average Bonchev–Trinajstić information content (AvgIpc) is 3.14. The number of hydrogen-bond acceptors (Lipinski definition) is 6. The lowest BCUT2D eigenvalue weighted by molar-refractivity contribution is -0.122. The van der Waals surface area contributed by atoms with Gasteiger partial charge in [0.15, 0.2) is 10.4 Å². The number of amides is 1. The Morgan fingerprint density at radius 3 is 2.53 bits per heavy atom. The Kier molecular flexibility index (Phi) is 7.39. The van der Waals surface area contributed by atoms with E-state index in [1.54, 1.807) is 6.92 Å². The summed E-state index contributed by atoms with van der Waals surface area (Å²) in [6, 6.07) is 15.5. The molecule has 1 amide bonds. The van der Waals surface area contributed by atoms with Gasteiger partial charge in [0.1, 0.15) is 5.75 Å². The SMILES string of the molecule is CC(Oc1ccc(C(C)(C)C)cc1)C(=O)Nc1nnc(SCc2ccccc2Cl)s1. The van der Waals surface area contributed by atoms with Crippen molar-refractivity contribution in [2.45, 2.75) is 49.3 Å². The number of rotatable bonds is 7. The molecule has 0 saturated heterocycles. The molecule has 8 heteroatoms. The van der Waals surface area contributed by atoms with E-state index in [0.717, 1.165) is 14.9 Å². The van der Waals surface area contributed by atoms with Crippen LogP contribution < -0.4 is 10.1 Å². The van der Waals surface area contributed by atoms with Crippen LogP contribution in [0.1, 0.15) is 38.8 Å². The highest BCUT2D eigenvalue weighted by Crippen LogP contribution is 2.30. The van der Waals surface area contributed by atoms with Crippen LogP contribution in [-0.4, -0.2) is 22.2 Å². The molecule has 158 valence electrons. The van der Waals surface area contributed by atoms with Crippen LogP contribution in [0.4, 0.5) is 5.13 Å². The van der Waals surface area contributed by atoms with Crippen LogP contribution in [0.25, 0.3) is 0 Å². The summed E-state index contributed by atoms with van der Waals surface area (Å²) in [5.41, 5.74) is 2.31. The number of carbonyl (C=O) groups excluding carboxylic acids is 1. The number of benzene rings is 2. The van der Waals surface area contributed by atoms with Crippen LogP contribution in [0.15, 0.2) is 52.9 Å². The van der Waals surface area contributed by atoms with Gasteiger partial charge in [0.05, 0.1) is 0 Å². The molecule has 0 aliphatic rings. The van der Waals surface area contributed by atoms with Crippen LogP contribution in [0, 0.1) is 0 Å². The molecule has 5 nitrogen and oxygen atoms in total. The zero-order chi connectivity index (χ0) is 21.7. The first-order valence-electron chi connectivity index (χ1n) is 9.50. The second kappa shape index (κ2) is 9.81. The predicted molar refractivity (Wildman–Crippen MR) is 125 cm³/mol. The van der Waals surface area contributed by atoms with Gasteiger partial charge in [0.2, 0.25) is 5.13 Å². The van der Waals surface area contributed by atoms with Crippen molar-refractivity contribution < 1.29 is 9.53 Å². The van der Waals surface area contributed by atoms with E-state index >= 15 is 0 Å². The van der Waals surface area contributed by atoms with Gasteiger partial charge in [-0.1, -0.05) is 85.8 Å². The van der Waals surface area contributed by atoms with E-state index in [0.29, 0.717) is 16.6 Å². The highest BCUT2D eigenvalue weighted by atomic mass is 35.5. The maximum Gasteiger partial charge on any atom is 0.266 e. The minimum absolute atomic E-state index is 0.0704. The summed E-state index contributed by atoms with van der Waals surface area (Å²) < 4.78 is 6.53. The molecule has 3 aromatic rings. The van der Waals surface area contributed by atoms with E-state index in [1.807, 2.05) is 48.5 Å². The molecule has 0 spiro atoms. The van der Waals surface area contributed by atoms with Crippen molar-refractivity contribution in [2.24, 2.45) is 0 Å². The number of nitrogens with zero attached hydrogens (tertiary/aromatic N) is 2. The Balaban J connectivity index is 1.52. The molecule has 1 N–H and O–H groups in total. The van der Waals surface area contributed by atoms with Gasteiger partial charge in [-0.25, -0.2) is 0 Å². The average molecular weight is 462 g/mol. The fourth-order valence-electron chi connectivity index (χ4n) is 2.57. The van der Waals surface area contributed by atoms with Gasteiger partial charge in [0.25, 0.3) is 5.91 Å². The standard InChI is InChI=1S/C22H24ClN3O2S2/c1-14(28-17-11-9-16(10-12-17)22(2,3)4)19(27)24-20-25-26-21(30-20)29-13-15-7-5-6-8-18(15)23/h5-12,14H,13H2,1-4H3,(H,24,25,27). The van der Waals surface area contributed by atoms with E-state index in [1.165, 1.54) is 28.7 Å². The quantitative estimate of drug-likeness (QED) is 0.336. The molecule has 0 saturated carbocycles. The van der Waals surface area contributed by atoms with E-state index in [2.05, 4.69) is 36.3 Å². The largest absolute Gasteiger partial charge is 0.481 e. The summed E-state index contributed by atoms with van der Waals surface area (Å²) in [6.45, 7) is 8.17. The lowest BCUT2D eigenvalue weighted by Gasteiger charge is -2.20. The summed E-state index contributed by atoms with van der Waals surface area (Å²) in [7, 11) is 0. The van der Waals surface area contributed by atoms with Gasteiger partial charge in [0, 0.05) is 10.8 Å². The van der Waals surface area contributed by atoms with E-state index in [4.69, 9.17) is 16.3 Å². The number of carbonyl (C=O) groups is 1. The van der Waals surface area contributed by atoms with Crippen LogP contribution in [0.2, 0.25) is 5.02 Å². The fourth-order valence-corrected chi connectivity index (χ4v) is 4.61. The molecule has 0 radical (unpaired) electrons. The highest BCUT2D eigenvalue weighted by Gasteiger charge is 2.18. The fraction of sp³-hybridized carbons (Fsp3) is 0.318. The van der Waals surface area contributed by atoms with E-state index in [9.17, 15) is 4.79 Å². The lowest BCUT2D eigenvalue weighted by atomic mass is 9.87. The van der Waals surface area contributed by atoms with Crippen molar-refractivity contribution in [3.63, 3.8) is 0 Å². The molecule has 2 aromatic carbocycles. The topological polar surface area (TPSA) is 64.1 Å². The molecule has 0 aliphatic heterocycles. The Morgan fingerprint density at radius 1 is 1.17 bits per heavy atom. The van der Waals surface area contributed by atoms with Crippen molar-refractivity contribution in [2.75, 3.05) is 5.32 Å². The van der Waals surface area contributed by atoms with Gasteiger partial charge < -0.3 is 4.74 Å². The molecule has 1 atom stereocenters. The summed E-state index contributed by atoms with van der Waals surface area (Å²) in [4.78, 5) is 12.5. The molecule has 0 bridgehead atoms. The van der Waals surface area contributed by atoms with Gasteiger partial charge in [-0.2, -0.15) is 0 Å². The molecule has 0 fully saturated rings. The Labute approximate surface area is 190 Å². The van der Waals surface area contributed by atoms with Gasteiger partial charge in [-0.05, 0) is 41.7 Å². The predicted octanol–water partition coefficient (Wildman–Crippen LogP) is 6.19. The molecule has 1 aromatic heterocycles. The summed E-state index contributed by atoms with van der Waals surface area (Å²) >= 11 is 9.03. The second-order valence-corrected chi connectivity index (χ2v) is 10.4. The van der Waals surface area contributed by atoms with Gasteiger partial charge >= 0.3 is 0 Å². The number of aromatic nitrogens is 2. The molecule has 1 heterocycles. The molecule has 30 heavy (non-hydrogen) atoms. The van der Waals surface area contributed by atoms with E-state index in [-0.39, 0.29) is 11.3 Å². The molecule has 1 unspecified atom stereocenters. The highest BCUT2D eigenvalue weighted by molar-refractivity contribution is 8.00. The third-order valence-corrected chi connectivity index (χ3v) is 6.74. The van der Waals surface area contributed by atoms with Gasteiger partial charge in [-0.3, -0.25) is 10.1 Å². The Bertz CT molecular complexity index is 1000. The van der Waals surface area contributed by atoms with E-state index < -0.39 is 6.10 Å². The van der Waals surface area contributed by atoms with Crippen LogP contribution >= 0.6 is 34.7 Å². The monoisotopic (exact) mass is 461 g/mol. The molecular weight excluding hydrogens is 438 g/mol. The van der Waals surface area contributed by atoms with Crippen molar-refractivity contribution in [3.8, 4) is 5.75 Å². The second-order valence-electron chi connectivity index (χ2n) is 7.78. The first-order chi connectivity index (χ1) is 14.2. The van der Waals surface area contributed by atoms with Crippen LogP contribution in [0.5, 0.6) is 5.75 Å². The summed E-state index contributed by atoms with van der Waals surface area (Å²) in [5, 5.41) is 12.1. The lowest BCUT2D eigenvalue weighted by Crippen LogP contribution is -2.30. The number of thioether (sulfide) groups is 1. The molecular formula is C22H24ClN3O2S2. The number of hydrogen-bond donors (Lipinski definition) is 1. The third kappa shape index (κ3) is 6.20. The number of halogens is 1. The first-order valence-corrected chi connectivity index (χ1v) is 11.7. The Hall–Kier alpha value is -2.09. The normalized spacial score (nSPS) is 12.4. The third-order valence-electron chi connectivity index (χ3n) is 4.35. The van der Waals surface area contributed by atoms with Crippen molar-refractivity contribution in [3.05, 3.63) is 64.7 Å². The number of nitrogens with one attached hydrogen (secondary N) is 1. The first kappa shape index (κ1) is 22.6. The number of ether oxygens (including phenoxy) is 1. The van der Waals surface area contributed by atoms with Crippen LogP contribution in [0.3, 0.4) is 0 Å². The maximum absolute atomic E-state index is 12.5. The number of anilines is 1. The molecule has 0 aliphatic carbocycles. The zero-order valence-corrected chi connectivity index (χ0v) is 19.7. The van der Waals surface area contributed by atoms with Crippen LogP contribution in [-0.2, 0) is 16.0 Å². The van der Waals surface area contributed by atoms with Crippen molar-refractivity contribution in [1.29, 1.82) is 0 Å². The van der Waals surface area contributed by atoms with Gasteiger partial charge in [-0.15, -0.1) is 10.2 Å². The molecule has 3 rings (SSSR count).